The molecule has 0 heterocycles. The van der Waals surface area contributed by atoms with Gasteiger partial charge in [0.25, 0.3) is 0 Å². The standard InChI is InChI=1S/C18H23NO/c1-14(2)20-18-10-5-4-9-17(18)13-19-12-16-8-6-7-15(3)11-16/h4-11,14,19H,12-13H2,1-3H3. The third kappa shape index (κ3) is 4.39. The predicted molar refractivity (Wildman–Crippen MR) is 83.9 cm³/mol. The number of rotatable bonds is 6. The lowest BCUT2D eigenvalue weighted by Crippen LogP contribution is -2.15. The lowest BCUT2D eigenvalue weighted by atomic mass is 10.1. The van der Waals surface area contributed by atoms with Gasteiger partial charge in [-0.25, -0.2) is 0 Å². The van der Waals surface area contributed by atoms with Crippen molar-refractivity contribution in [2.45, 2.75) is 40.0 Å². The van der Waals surface area contributed by atoms with Crippen LogP contribution >= 0.6 is 0 Å². The maximum Gasteiger partial charge on any atom is 0.124 e. The van der Waals surface area contributed by atoms with Gasteiger partial charge < -0.3 is 10.1 Å². The fourth-order valence-corrected chi connectivity index (χ4v) is 2.18. The molecule has 0 unspecified atom stereocenters. The average Bonchev–Trinajstić information content (AvgIpc) is 2.40. The molecule has 0 fully saturated rings. The van der Waals surface area contributed by atoms with Crippen molar-refractivity contribution >= 4 is 0 Å². The Morgan fingerprint density at radius 3 is 2.55 bits per heavy atom. The number of nitrogens with one attached hydrogen (secondary N) is 1. The van der Waals surface area contributed by atoms with E-state index in [1.165, 1.54) is 16.7 Å². The van der Waals surface area contributed by atoms with Crippen molar-refractivity contribution in [1.29, 1.82) is 0 Å². The van der Waals surface area contributed by atoms with E-state index in [2.05, 4.69) is 62.5 Å². The summed E-state index contributed by atoms with van der Waals surface area (Å²) in [4.78, 5) is 0. The molecule has 106 valence electrons. The van der Waals surface area contributed by atoms with E-state index in [0.717, 1.165) is 18.8 Å². The minimum absolute atomic E-state index is 0.202. The Labute approximate surface area is 121 Å². The van der Waals surface area contributed by atoms with Gasteiger partial charge in [-0.15, -0.1) is 0 Å². The Morgan fingerprint density at radius 2 is 1.80 bits per heavy atom. The summed E-state index contributed by atoms with van der Waals surface area (Å²) >= 11 is 0. The summed E-state index contributed by atoms with van der Waals surface area (Å²) in [6.45, 7) is 7.91. The fraction of sp³-hybridized carbons (Fsp3) is 0.333. The minimum Gasteiger partial charge on any atom is -0.491 e. The summed E-state index contributed by atoms with van der Waals surface area (Å²) in [5.41, 5.74) is 3.81. The monoisotopic (exact) mass is 269 g/mol. The third-order valence-electron chi connectivity index (χ3n) is 3.06. The molecule has 0 aliphatic carbocycles. The van der Waals surface area contributed by atoms with Gasteiger partial charge in [0.2, 0.25) is 0 Å². The predicted octanol–water partition coefficient (Wildman–Crippen LogP) is 4.07. The van der Waals surface area contributed by atoms with Gasteiger partial charge in [0.15, 0.2) is 0 Å². The zero-order valence-electron chi connectivity index (χ0n) is 12.5. The van der Waals surface area contributed by atoms with Gasteiger partial charge in [-0.2, -0.15) is 0 Å². The van der Waals surface area contributed by atoms with E-state index >= 15 is 0 Å². The number of ether oxygens (including phenoxy) is 1. The largest absolute Gasteiger partial charge is 0.491 e. The Balaban J connectivity index is 1.94. The number of hydrogen-bond donors (Lipinski definition) is 1. The topological polar surface area (TPSA) is 21.3 Å². The zero-order chi connectivity index (χ0) is 14.4. The van der Waals surface area contributed by atoms with Crippen LogP contribution in [0.2, 0.25) is 0 Å². The van der Waals surface area contributed by atoms with Crippen molar-refractivity contribution in [2.24, 2.45) is 0 Å². The third-order valence-corrected chi connectivity index (χ3v) is 3.06. The molecule has 0 bridgehead atoms. The lowest BCUT2D eigenvalue weighted by Gasteiger charge is -2.14. The van der Waals surface area contributed by atoms with Crippen LogP contribution in [-0.4, -0.2) is 6.10 Å². The molecule has 2 nitrogen and oxygen atoms in total. The van der Waals surface area contributed by atoms with Crippen LogP contribution < -0.4 is 10.1 Å². The number of para-hydroxylation sites is 1. The van der Waals surface area contributed by atoms with Gasteiger partial charge in [0, 0.05) is 18.7 Å². The van der Waals surface area contributed by atoms with Crippen LogP contribution in [-0.2, 0) is 13.1 Å². The molecular weight excluding hydrogens is 246 g/mol. The molecule has 0 saturated heterocycles. The van der Waals surface area contributed by atoms with E-state index < -0.39 is 0 Å². The van der Waals surface area contributed by atoms with E-state index in [0.29, 0.717) is 0 Å². The molecule has 0 aliphatic rings. The number of aryl methyl sites for hydroxylation is 1. The average molecular weight is 269 g/mol. The molecule has 0 radical (unpaired) electrons. The summed E-state index contributed by atoms with van der Waals surface area (Å²) in [6.07, 6.45) is 0.202. The maximum absolute atomic E-state index is 5.83. The molecule has 0 atom stereocenters. The van der Waals surface area contributed by atoms with Crippen molar-refractivity contribution in [2.75, 3.05) is 0 Å². The molecule has 2 aromatic rings. The summed E-state index contributed by atoms with van der Waals surface area (Å²) in [5, 5.41) is 3.48. The SMILES string of the molecule is Cc1cccc(CNCc2ccccc2OC(C)C)c1. The quantitative estimate of drug-likeness (QED) is 0.853. The molecule has 0 saturated carbocycles. The van der Waals surface area contributed by atoms with Crippen molar-refractivity contribution in [3.63, 3.8) is 0 Å². The first-order chi connectivity index (χ1) is 9.65. The van der Waals surface area contributed by atoms with Gasteiger partial charge in [0.05, 0.1) is 6.10 Å². The van der Waals surface area contributed by atoms with Crippen molar-refractivity contribution in [1.82, 2.24) is 5.32 Å². The highest BCUT2D eigenvalue weighted by Gasteiger charge is 2.04. The van der Waals surface area contributed by atoms with Gasteiger partial charge in [-0.3, -0.25) is 0 Å². The smallest absolute Gasteiger partial charge is 0.124 e. The summed E-state index contributed by atoms with van der Waals surface area (Å²) < 4.78 is 5.83. The fourth-order valence-electron chi connectivity index (χ4n) is 2.18. The Hall–Kier alpha value is -1.80. The molecule has 0 amide bonds. The minimum atomic E-state index is 0.202. The van der Waals surface area contributed by atoms with Crippen LogP contribution in [0.1, 0.15) is 30.5 Å². The van der Waals surface area contributed by atoms with Crippen molar-refractivity contribution < 1.29 is 4.74 Å². The van der Waals surface area contributed by atoms with Gasteiger partial charge in [-0.05, 0) is 32.4 Å². The Kier molecular flexibility index (Phi) is 5.19. The van der Waals surface area contributed by atoms with Crippen molar-refractivity contribution in [3.8, 4) is 5.75 Å². The molecule has 2 rings (SSSR count). The van der Waals surface area contributed by atoms with Crippen LogP contribution in [0.3, 0.4) is 0 Å². The highest BCUT2D eigenvalue weighted by Crippen LogP contribution is 2.19. The van der Waals surface area contributed by atoms with E-state index in [4.69, 9.17) is 4.74 Å². The van der Waals surface area contributed by atoms with E-state index in [-0.39, 0.29) is 6.10 Å². The molecule has 2 aromatic carbocycles. The van der Waals surface area contributed by atoms with E-state index in [1.54, 1.807) is 0 Å². The second-order valence-electron chi connectivity index (χ2n) is 5.37. The number of benzene rings is 2. The molecular formula is C18H23NO. The van der Waals surface area contributed by atoms with Crippen LogP contribution in [0.4, 0.5) is 0 Å². The van der Waals surface area contributed by atoms with Gasteiger partial charge >= 0.3 is 0 Å². The molecule has 20 heavy (non-hydrogen) atoms. The van der Waals surface area contributed by atoms with Crippen molar-refractivity contribution in [3.05, 3.63) is 65.2 Å². The molecule has 0 aliphatic heterocycles. The summed E-state index contributed by atoms with van der Waals surface area (Å²) in [6, 6.07) is 16.8. The zero-order valence-corrected chi connectivity index (χ0v) is 12.5. The van der Waals surface area contributed by atoms with Gasteiger partial charge in [0.1, 0.15) is 5.75 Å². The highest BCUT2D eigenvalue weighted by atomic mass is 16.5. The first-order valence-electron chi connectivity index (χ1n) is 7.16. The lowest BCUT2D eigenvalue weighted by molar-refractivity contribution is 0.239. The molecule has 0 aromatic heterocycles. The van der Waals surface area contributed by atoms with Crippen LogP contribution in [0, 0.1) is 6.92 Å². The Bertz CT molecular complexity index is 549. The maximum atomic E-state index is 5.83. The first kappa shape index (κ1) is 14.6. The second-order valence-corrected chi connectivity index (χ2v) is 5.37. The van der Waals surface area contributed by atoms with E-state index in [9.17, 15) is 0 Å². The van der Waals surface area contributed by atoms with Crippen LogP contribution in [0.25, 0.3) is 0 Å². The van der Waals surface area contributed by atoms with Crippen LogP contribution in [0.5, 0.6) is 5.75 Å². The molecule has 2 heteroatoms. The molecule has 1 N–H and O–H groups in total. The van der Waals surface area contributed by atoms with Crippen LogP contribution in [0.15, 0.2) is 48.5 Å². The molecule has 0 spiro atoms. The first-order valence-corrected chi connectivity index (χ1v) is 7.16. The normalized spacial score (nSPS) is 10.8. The second kappa shape index (κ2) is 7.11. The summed E-state index contributed by atoms with van der Waals surface area (Å²) in [7, 11) is 0. The number of hydrogen-bond acceptors (Lipinski definition) is 2. The van der Waals surface area contributed by atoms with Gasteiger partial charge in [-0.1, -0.05) is 48.0 Å². The highest BCUT2D eigenvalue weighted by molar-refractivity contribution is 5.33. The summed E-state index contributed by atoms with van der Waals surface area (Å²) in [5.74, 6) is 0.972. The Morgan fingerprint density at radius 1 is 1.00 bits per heavy atom. The van der Waals surface area contributed by atoms with E-state index in [1.807, 2.05) is 12.1 Å².